The summed E-state index contributed by atoms with van der Waals surface area (Å²) in [6, 6.07) is 0. The van der Waals surface area contributed by atoms with Crippen LogP contribution in [0.25, 0.3) is 0 Å². The summed E-state index contributed by atoms with van der Waals surface area (Å²) >= 11 is 0. The van der Waals surface area contributed by atoms with E-state index < -0.39 is 11.6 Å². The zero-order valence-electron chi connectivity index (χ0n) is 17.5. The van der Waals surface area contributed by atoms with Crippen molar-refractivity contribution in [2.75, 3.05) is 0 Å². The van der Waals surface area contributed by atoms with E-state index in [1.807, 2.05) is 25.2 Å². The van der Waals surface area contributed by atoms with E-state index in [1.54, 1.807) is 6.08 Å². The van der Waals surface area contributed by atoms with Crippen LogP contribution in [0.5, 0.6) is 0 Å². The molecule has 148 valence electrons. The van der Waals surface area contributed by atoms with Gasteiger partial charge in [-0.2, -0.15) is 0 Å². The summed E-state index contributed by atoms with van der Waals surface area (Å²) in [7, 11) is 0. The van der Waals surface area contributed by atoms with Gasteiger partial charge < -0.3 is 5.11 Å². The Labute approximate surface area is 168 Å². The van der Waals surface area contributed by atoms with E-state index in [-0.39, 0.29) is 11.2 Å². The van der Waals surface area contributed by atoms with E-state index in [9.17, 15) is 14.7 Å². The van der Waals surface area contributed by atoms with E-state index in [2.05, 4.69) is 39.8 Å². The van der Waals surface area contributed by atoms with Crippen LogP contribution in [0.15, 0.2) is 82.2 Å². The summed E-state index contributed by atoms with van der Waals surface area (Å²) in [5.41, 5.74) is 5.53. The summed E-state index contributed by atoms with van der Waals surface area (Å²) in [5.74, 6) is -1.48. The van der Waals surface area contributed by atoms with Gasteiger partial charge in [-0.1, -0.05) is 60.9 Å². The van der Waals surface area contributed by atoms with Gasteiger partial charge in [0.05, 0.1) is 0 Å². The number of allylic oxidation sites excluding steroid dienone is 12. The van der Waals surface area contributed by atoms with Crippen molar-refractivity contribution in [3.05, 3.63) is 82.2 Å². The van der Waals surface area contributed by atoms with E-state index in [0.717, 1.165) is 17.2 Å². The van der Waals surface area contributed by atoms with Crippen molar-refractivity contribution in [3.8, 4) is 0 Å². The molecule has 0 atom stereocenters. The molecule has 2 rings (SSSR count). The minimum atomic E-state index is -0.695. The first-order chi connectivity index (χ1) is 13.1. The predicted octanol–water partition coefficient (Wildman–Crippen LogP) is 6.04. The Morgan fingerprint density at radius 3 is 2.43 bits per heavy atom. The molecule has 1 N–H and O–H groups in total. The SMILES string of the molecule is CC1=C(/C=C/C(C)=C/C=C/C(C)=C/C2=CC(=O)C(=O)C=C2O)C(C)(C)CCC1. The van der Waals surface area contributed by atoms with Crippen LogP contribution in [0.4, 0.5) is 0 Å². The number of ketones is 2. The molecule has 0 saturated heterocycles. The Hall–Kier alpha value is -2.68. The molecule has 0 unspecified atom stereocenters. The van der Waals surface area contributed by atoms with Gasteiger partial charge >= 0.3 is 0 Å². The van der Waals surface area contributed by atoms with E-state index >= 15 is 0 Å². The highest BCUT2D eigenvalue weighted by molar-refractivity contribution is 6.46. The number of aliphatic hydroxyl groups is 1. The van der Waals surface area contributed by atoms with Crippen LogP contribution in [-0.2, 0) is 9.59 Å². The average Bonchev–Trinajstić information content (AvgIpc) is 2.58. The molecule has 0 radical (unpaired) electrons. The van der Waals surface area contributed by atoms with Gasteiger partial charge in [0, 0.05) is 17.7 Å². The monoisotopic (exact) mass is 378 g/mol. The molecule has 0 aliphatic heterocycles. The van der Waals surface area contributed by atoms with Crippen LogP contribution in [0, 0.1) is 5.41 Å². The smallest absolute Gasteiger partial charge is 0.229 e. The number of hydrogen-bond acceptors (Lipinski definition) is 3. The predicted molar refractivity (Wildman–Crippen MR) is 115 cm³/mol. The van der Waals surface area contributed by atoms with Crippen molar-refractivity contribution in [1.29, 1.82) is 0 Å². The molecule has 0 saturated carbocycles. The first-order valence-electron chi connectivity index (χ1n) is 9.73. The molecule has 0 fully saturated rings. The Morgan fingerprint density at radius 1 is 1.07 bits per heavy atom. The second-order valence-electron chi connectivity index (χ2n) is 8.28. The maximum absolute atomic E-state index is 11.5. The molecule has 0 heterocycles. The van der Waals surface area contributed by atoms with Crippen LogP contribution in [0.3, 0.4) is 0 Å². The van der Waals surface area contributed by atoms with Crippen LogP contribution in [0.2, 0.25) is 0 Å². The van der Waals surface area contributed by atoms with Gasteiger partial charge in [0.15, 0.2) is 0 Å². The fourth-order valence-electron chi connectivity index (χ4n) is 3.61. The van der Waals surface area contributed by atoms with Gasteiger partial charge in [0.25, 0.3) is 0 Å². The van der Waals surface area contributed by atoms with Gasteiger partial charge in [-0.25, -0.2) is 0 Å². The maximum atomic E-state index is 11.5. The molecular formula is C25H30O3. The standard InChI is InChI=1S/C25H30O3/c1-17(11-12-21-19(3)10-7-13-25(21,4)5)8-6-9-18(2)14-20-15-23(27)24(28)16-22(20)26/h6,8-9,11-12,14-16,26H,7,10,13H2,1-5H3/b9-6+,12-11+,17-8+,18-14+. The van der Waals surface area contributed by atoms with E-state index in [4.69, 9.17) is 0 Å². The number of rotatable bonds is 5. The number of carbonyl (C=O) groups is 2. The quantitative estimate of drug-likeness (QED) is 0.360. The summed E-state index contributed by atoms with van der Waals surface area (Å²) in [4.78, 5) is 22.7. The minimum absolute atomic E-state index is 0.175. The van der Waals surface area contributed by atoms with Crippen molar-refractivity contribution in [2.45, 2.75) is 53.9 Å². The van der Waals surface area contributed by atoms with Crippen LogP contribution >= 0.6 is 0 Å². The largest absolute Gasteiger partial charge is 0.507 e. The van der Waals surface area contributed by atoms with Crippen molar-refractivity contribution < 1.29 is 14.7 Å². The Bertz CT molecular complexity index is 881. The summed E-state index contributed by atoms with van der Waals surface area (Å²) in [6.45, 7) is 10.8. The Morgan fingerprint density at radius 2 is 1.75 bits per heavy atom. The summed E-state index contributed by atoms with van der Waals surface area (Å²) in [6.07, 6.45) is 17.8. The zero-order valence-corrected chi connectivity index (χ0v) is 17.5. The van der Waals surface area contributed by atoms with Gasteiger partial charge in [0.2, 0.25) is 11.6 Å². The average molecular weight is 379 g/mol. The highest BCUT2D eigenvalue weighted by Gasteiger charge is 2.26. The third kappa shape index (κ3) is 5.66. The lowest BCUT2D eigenvalue weighted by atomic mass is 9.72. The second-order valence-corrected chi connectivity index (χ2v) is 8.28. The Balaban J connectivity index is 2.07. The first kappa shape index (κ1) is 21.6. The van der Waals surface area contributed by atoms with E-state index in [1.165, 1.54) is 36.5 Å². The fraction of sp³-hybridized carbons (Fsp3) is 0.360. The second kappa shape index (κ2) is 9.01. The highest BCUT2D eigenvalue weighted by Crippen LogP contribution is 2.40. The highest BCUT2D eigenvalue weighted by atomic mass is 16.3. The number of carbonyl (C=O) groups excluding carboxylic acids is 2. The molecule has 0 amide bonds. The fourth-order valence-corrected chi connectivity index (χ4v) is 3.61. The molecule has 2 aliphatic carbocycles. The minimum Gasteiger partial charge on any atom is -0.507 e. The molecule has 3 nitrogen and oxygen atoms in total. The van der Waals surface area contributed by atoms with Gasteiger partial charge in [-0.15, -0.1) is 0 Å². The van der Waals surface area contributed by atoms with E-state index in [0.29, 0.717) is 5.57 Å². The van der Waals surface area contributed by atoms with Gasteiger partial charge in [-0.3, -0.25) is 9.59 Å². The third-order valence-corrected chi connectivity index (χ3v) is 5.25. The molecule has 2 aliphatic rings. The van der Waals surface area contributed by atoms with Crippen molar-refractivity contribution in [2.24, 2.45) is 5.41 Å². The normalized spacial score (nSPS) is 21.6. The number of hydrogen-bond donors (Lipinski definition) is 1. The third-order valence-electron chi connectivity index (χ3n) is 5.25. The first-order valence-corrected chi connectivity index (χ1v) is 9.73. The molecule has 0 aromatic heterocycles. The van der Waals surface area contributed by atoms with Crippen molar-refractivity contribution in [1.82, 2.24) is 0 Å². The lowest BCUT2D eigenvalue weighted by Gasteiger charge is -2.32. The van der Waals surface area contributed by atoms with Crippen molar-refractivity contribution in [3.63, 3.8) is 0 Å². The molecule has 3 heteroatoms. The molecule has 0 bridgehead atoms. The van der Waals surface area contributed by atoms with Crippen LogP contribution < -0.4 is 0 Å². The molecular weight excluding hydrogens is 348 g/mol. The zero-order chi connectivity index (χ0) is 20.9. The molecule has 0 aromatic rings. The lowest BCUT2D eigenvalue weighted by Crippen LogP contribution is -2.19. The van der Waals surface area contributed by atoms with Crippen molar-refractivity contribution >= 4 is 11.6 Å². The van der Waals surface area contributed by atoms with Gasteiger partial charge in [0.1, 0.15) is 5.76 Å². The Kier molecular flexibility index (Phi) is 6.95. The maximum Gasteiger partial charge on any atom is 0.229 e. The topological polar surface area (TPSA) is 54.4 Å². The molecule has 0 aromatic carbocycles. The van der Waals surface area contributed by atoms with Crippen LogP contribution in [-0.4, -0.2) is 16.7 Å². The molecule has 0 spiro atoms. The number of aliphatic hydroxyl groups excluding tert-OH is 1. The van der Waals surface area contributed by atoms with Gasteiger partial charge in [-0.05, 0) is 57.1 Å². The summed E-state index contributed by atoms with van der Waals surface area (Å²) < 4.78 is 0. The summed E-state index contributed by atoms with van der Waals surface area (Å²) in [5, 5.41) is 9.80. The molecule has 28 heavy (non-hydrogen) atoms. The lowest BCUT2D eigenvalue weighted by molar-refractivity contribution is -0.131. The van der Waals surface area contributed by atoms with Crippen LogP contribution in [0.1, 0.15) is 53.9 Å².